The molecule has 9 heteroatoms. The largest absolute Gasteiger partial charge is 0.465 e. The Labute approximate surface area is 137 Å². The predicted molar refractivity (Wildman–Crippen MR) is 78.2 cm³/mol. The molecule has 2 fully saturated rings. The Kier molecular flexibility index (Phi) is 4.27. The summed E-state index contributed by atoms with van der Waals surface area (Å²) in [6.07, 6.45) is -0.756. The molecule has 2 N–H and O–H groups in total. The Morgan fingerprint density at radius 3 is 2.75 bits per heavy atom. The first-order chi connectivity index (χ1) is 11.3. The molecule has 1 unspecified atom stereocenters. The van der Waals surface area contributed by atoms with Gasteiger partial charge in [-0.2, -0.15) is 13.2 Å². The van der Waals surface area contributed by atoms with Crippen LogP contribution in [0, 0.1) is 5.41 Å². The van der Waals surface area contributed by atoms with Crippen LogP contribution in [0.5, 0.6) is 5.88 Å². The van der Waals surface area contributed by atoms with E-state index in [1.165, 1.54) is 18.9 Å². The van der Waals surface area contributed by atoms with Crippen molar-refractivity contribution in [2.45, 2.75) is 57.5 Å². The molecule has 24 heavy (non-hydrogen) atoms. The minimum Gasteiger partial charge on any atom is -0.465 e. The number of nitrogens with zero attached hydrogens (tertiary/aromatic N) is 2. The van der Waals surface area contributed by atoms with E-state index in [4.69, 9.17) is 4.74 Å². The predicted octanol–water partition coefficient (Wildman–Crippen LogP) is 2.55. The number of aromatic nitrogens is 2. The van der Waals surface area contributed by atoms with Crippen molar-refractivity contribution in [1.29, 1.82) is 0 Å². The van der Waals surface area contributed by atoms with Crippen LogP contribution >= 0.6 is 0 Å². The van der Waals surface area contributed by atoms with E-state index < -0.39 is 12.3 Å². The summed E-state index contributed by atoms with van der Waals surface area (Å²) < 4.78 is 42.2. The van der Waals surface area contributed by atoms with Gasteiger partial charge in [0.05, 0.1) is 12.2 Å². The second kappa shape index (κ2) is 6.10. The molecular weight excluding hydrogens is 325 g/mol. The van der Waals surface area contributed by atoms with E-state index in [1.807, 2.05) is 0 Å². The van der Waals surface area contributed by atoms with Crippen LogP contribution in [0.15, 0.2) is 12.4 Å². The van der Waals surface area contributed by atoms with Gasteiger partial charge in [0.2, 0.25) is 5.88 Å². The highest BCUT2D eigenvalue weighted by molar-refractivity contribution is 5.74. The molecule has 1 spiro atoms. The summed E-state index contributed by atoms with van der Waals surface area (Å²) in [7, 11) is 0. The fourth-order valence-electron chi connectivity index (χ4n) is 2.87. The molecule has 0 radical (unpaired) electrons. The zero-order chi connectivity index (χ0) is 17.4. The number of rotatable bonds is 5. The van der Waals surface area contributed by atoms with Crippen molar-refractivity contribution < 1.29 is 22.7 Å². The maximum absolute atomic E-state index is 12.5. The molecular formula is C15H19F3N4O2. The number of carbonyl (C=O) groups excluding carboxylic acids is 1. The van der Waals surface area contributed by atoms with Gasteiger partial charge in [0.15, 0.2) is 6.10 Å². The molecule has 1 atom stereocenters. The summed E-state index contributed by atoms with van der Waals surface area (Å²) in [4.78, 5) is 19.4. The lowest BCUT2D eigenvalue weighted by molar-refractivity contribution is -0.190. The van der Waals surface area contributed by atoms with Gasteiger partial charge in [-0.25, -0.2) is 14.8 Å². The van der Waals surface area contributed by atoms with Crippen LogP contribution in [0.25, 0.3) is 0 Å². The Balaban J connectivity index is 1.44. The molecule has 132 valence electrons. The van der Waals surface area contributed by atoms with Crippen molar-refractivity contribution >= 4 is 6.03 Å². The number of hydrogen-bond acceptors (Lipinski definition) is 4. The third kappa shape index (κ3) is 4.07. The molecule has 2 aliphatic carbocycles. The van der Waals surface area contributed by atoms with E-state index in [-0.39, 0.29) is 24.5 Å². The number of hydrogen-bond donors (Lipinski definition) is 2. The molecule has 2 saturated carbocycles. The zero-order valence-corrected chi connectivity index (χ0v) is 13.2. The first-order valence-corrected chi connectivity index (χ1v) is 7.84. The molecule has 1 heterocycles. The van der Waals surface area contributed by atoms with Crippen molar-refractivity contribution in [1.82, 2.24) is 20.6 Å². The van der Waals surface area contributed by atoms with Crippen molar-refractivity contribution in [2.24, 2.45) is 5.41 Å². The van der Waals surface area contributed by atoms with Gasteiger partial charge in [0.25, 0.3) is 0 Å². The van der Waals surface area contributed by atoms with E-state index in [0.717, 1.165) is 26.1 Å². The lowest BCUT2D eigenvalue weighted by Crippen LogP contribution is -2.48. The fourth-order valence-corrected chi connectivity index (χ4v) is 2.87. The highest BCUT2D eigenvalue weighted by atomic mass is 19.4. The summed E-state index contributed by atoms with van der Waals surface area (Å²) in [6.45, 7) is 0.988. The number of urea groups is 1. The molecule has 1 aromatic heterocycles. The number of ether oxygens (including phenoxy) is 1. The standard InChI is InChI=1S/C15H19F3N4O2/c1-9(15(16,17)18)24-12-4-10(20-8-21-12)7-19-13(23)22-11-5-14(6-11)2-3-14/h4,8-9,11H,2-3,5-7H2,1H3,(H2,19,22,23). The Bertz CT molecular complexity index is 611. The van der Waals surface area contributed by atoms with Crippen LogP contribution in [-0.4, -0.2) is 34.3 Å². The van der Waals surface area contributed by atoms with E-state index in [2.05, 4.69) is 20.6 Å². The van der Waals surface area contributed by atoms with E-state index >= 15 is 0 Å². The summed E-state index contributed by atoms with van der Waals surface area (Å²) in [5, 5.41) is 5.51. The van der Waals surface area contributed by atoms with E-state index in [1.54, 1.807) is 0 Å². The number of amides is 2. The lowest BCUT2D eigenvalue weighted by atomic mass is 9.77. The Hall–Kier alpha value is -2.06. The topological polar surface area (TPSA) is 76.1 Å². The van der Waals surface area contributed by atoms with Gasteiger partial charge < -0.3 is 15.4 Å². The van der Waals surface area contributed by atoms with Gasteiger partial charge >= 0.3 is 12.2 Å². The first kappa shape index (κ1) is 16.8. The zero-order valence-electron chi connectivity index (χ0n) is 13.2. The highest BCUT2D eigenvalue weighted by Gasteiger charge is 2.53. The second-order valence-electron chi connectivity index (χ2n) is 6.58. The summed E-state index contributed by atoms with van der Waals surface area (Å²) >= 11 is 0. The van der Waals surface area contributed by atoms with Crippen molar-refractivity contribution in [3.05, 3.63) is 18.1 Å². The molecule has 6 nitrogen and oxygen atoms in total. The number of carbonyl (C=O) groups is 1. The summed E-state index contributed by atoms with van der Waals surface area (Å²) in [5.41, 5.74) is 0.878. The van der Waals surface area contributed by atoms with Crippen LogP contribution in [-0.2, 0) is 6.54 Å². The van der Waals surface area contributed by atoms with Crippen LogP contribution in [0.2, 0.25) is 0 Å². The lowest BCUT2D eigenvalue weighted by Gasteiger charge is -2.36. The SMILES string of the molecule is CC(Oc1cc(CNC(=O)NC2CC3(CC3)C2)ncn1)C(F)(F)F. The molecule has 0 saturated heterocycles. The third-order valence-corrected chi connectivity index (χ3v) is 4.54. The van der Waals surface area contributed by atoms with Gasteiger partial charge in [-0.1, -0.05) is 0 Å². The average Bonchev–Trinajstić information content (AvgIpc) is 3.25. The van der Waals surface area contributed by atoms with Gasteiger partial charge in [0.1, 0.15) is 6.33 Å². The molecule has 2 aliphatic rings. The number of halogens is 3. The number of alkyl halides is 3. The third-order valence-electron chi connectivity index (χ3n) is 4.54. The molecule has 1 aromatic rings. The van der Waals surface area contributed by atoms with Gasteiger partial charge in [-0.3, -0.25) is 0 Å². The Morgan fingerprint density at radius 1 is 1.42 bits per heavy atom. The van der Waals surface area contributed by atoms with Crippen molar-refractivity contribution in [3.8, 4) is 5.88 Å². The van der Waals surface area contributed by atoms with E-state index in [9.17, 15) is 18.0 Å². The number of nitrogens with one attached hydrogen (secondary N) is 2. The molecule has 0 bridgehead atoms. The van der Waals surface area contributed by atoms with Crippen LogP contribution in [0.3, 0.4) is 0 Å². The molecule has 3 rings (SSSR count). The van der Waals surface area contributed by atoms with Crippen LogP contribution in [0.1, 0.15) is 38.3 Å². The average molecular weight is 344 g/mol. The summed E-state index contributed by atoms with van der Waals surface area (Å²) in [6, 6.07) is 1.19. The monoisotopic (exact) mass is 344 g/mol. The molecule has 0 aromatic carbocycles. The molecule has 0 aliphatic heterocycles. The fraction of sp³-hybridized carbons (Fsp3) is 0.667. The Morgan fingerprint density at radius 2 is 2.12 bits per heavy atom. The van der Waals surface area contributed by atoms with Crippen LogP contribution in [0.4, 0.5) is 18.0 Å². The van der Waals surface area contributed by atoms with Gasteiger partial charge in [-0.05, 0) is 38.0 Å². The van der Waals surface area contributed by atoms with Crippen molar-refractivity contribution in [3.63, 3.8) is 0 Å². The second-order valence-corrected chi connectivity index (χ2v) is 6.58. The smallest absolute Gasteiger partial charge is 0.425 e. The maximum Gasteiger partial charge on any atom is 0.425 e. The summed E-state index contributed by atoms with van der Waals surface area (Å²) in [5.74, 6) is -0.179. The first-order valence-electron chi connectivity index (χ1n) is 7.84. The van der Waals surface area contributed by atoms with Gasteiger partial charge in [0, 0.05) is 12.1 Å². The molecule has 2 amide bonds. The minimum absolute atomic E-state index is 0.0863. The van der Waals surface area contributed by atoms with Crippen molar-refractivity contribution in [2.75, 3.05) is 0 Å². The normalized spacial score (nSPS) is 20.2. The van der Waals surface area contributed by atoms with E-state index in [0.29, 0.717) is 11.1 Å². The van der Waals surface area contributed by atoms with Gasteiger partial charge in [-0.15, -0.1) is 0 Å². The maximum atomic E-state index is 12.5. The highest BCUT2D eigenvalue weighted by Crippen LogP contribution is 2.60. The van der Waals surface area contributed by atoms with Crippen LogP contribution < -0.4 is 15.4 Å². The quantitative estimate of drug-likeness (QED) is 0.861. The minimum atomic E-state index is -4.47.